The summed E-state index contributed by atoms with van der Waals surface area (Å²) in [6.07, 6.45) is 1.79. The van der Waals surface area contributed by atoms with Gasteiger partial charge < -0.3 is 5.21 Å². The second kappa shape index (κ2) is 3.09. The lowest BCUT2D eigenvalue weighted by Crippen LogP contribution is -2.10. The predicted molar refractivity (Wildman–Crippen MR) is 60.6 cm³/mol. The van der Waals surface area contributed by atoms with Gasteiger partial charge >= 0.3 is 0 Å². The van der Waals surface area contributed by atoms with Gasteiger partial charge in [0, 0.05) is 5.56 Å². The molecule has 0 spiro atoms. The summed E-state index contributed by atoms with van der Waals surface area (Å²) in [5.74, 6) is 0. The maximum absolute atomic E-state index is 8.96. The molecule has 0 aromatic heterocycles. The van der Waals surface area contributed by atoms with Gasteiger partial charge in [0.15, 0.2) is 0 Å². The topological polar surface area (TPSA) is 32.6 Å². The quantitative estimate of drug-likeness (QED) is 0.511. The van der Waals surface area contributed by atoms with Gasteiger partial charge in [-0.15, -0.1) is 0 Å². The first kappa shape index (κ1) is 8.48. The van der Waals surface area contributed by atoms with E-state index in [0.717, 1.165) is 24.1 Å². The van der Waals surface area contributed by atoms with Crippen LogP contribution in [0.3, 0.4) is 0 Å². The Labute approximate surface area is 87.8 Å². The zero-order valence-electron chi connectivity index (χ0n) is 8.27. The van der Waals surface area contributed by atoms with Crippen LogP contribution in [0.1, 0.15) is 17.5 Å². The molecule has 0 saturated carbocycles. The molecule has 2 heteroatoms. The van der Waals surface area contributed by atoms with Gasteiger partial charge in [-0.3, -0.25) is 0 Å². The number of hydrogen-bond acceptors (Lipinski definition) is 2. The molecule has 0 aliphatic heterocycles. The summed E-state index contributed by atoms with van der Waals surface area (Å²) >= 11 is 0. The van der Waals surface area contributed by atoms with Crippen LogP contribution in [0.15, 0.2) is 41.6 Å². The molecule has 0 fully saturated rings. The molecule has 74 valence electrons. The number of oxime groups is 1. The van der Waals surface area contributed by atoms with Crippen molar-refractivity contribution in [3.63, 3.8) is 0 Å². The summed E-state index contributed by atoms with van der Waals surface area (Å²) in [4.78, 5) is 0. The highest BCUT2D eigenvalue weighted by atomic mass is 16.4. The van der Waals surface area contributed by atoms with E-state index in [1.54, 1.807) is 0 Å². The molecule has 2 aromatic carbocycles. The average Bonchev–Trinajstić information content (AvgIpc) is 2.30. The van der Waals surface area contributed by atoms with E-state index >= 15 is 0 Å². The molecule has 1 aliphatic carbocycles. The normalized spacial score (nSPS) is 17.2. The van der Waals surface area contributed by atoms with Crippen molar-refractivity contribution in [3.8, 4) is 0 Å². The van der Waals surface area contributed by atoms with Crippen molar-refractivity contribution in [1.29, 1.82) is 0 Å². The van der Waals surface area contributed by atoms with Crippen molar-refractivity contribution in [2.75, 3.05) is 0 Å². The molecule has 0 amide bonds. The van der Waals surface area contributed by atoms with E-state index in [4.69, 9.17) is 5.21 Å². The van der Waals surface area contributed by atoms with Crippen molar-refractivity contribution < 1.29 is 5.21 Å². The number of benzene rings is 2. The molecule has 1 N–H and O–H groups in total. The van der Waals surface area contributed by atoms with Crippen molar-refractivity contribution in [1.82, 2.24) is 0 Å². The van der Waals surface area contributed by atoms with E-state index in [-0.39, 0.29) is 0 Å². The minimum Gasteiger partial charge on any atom is -0.411 e. The van der Waals surface area contributed by atoms with Crippen molar-refractivity contribution in [2.24, 2.45) is 5.16 Å². The van der Waals surface area contributed by atoms with E-state index in [9.17, 15) is 0 Å². The van der Waals surface area contributed by atoms with E-state index in [2.05, 4.69) is 29.4 Å². The lowest BCUT2D eigenvalue weighted by atomic mass is 9.87. The maximum Gasteiger partial charge on any atom is 0.0877 e. The van der Waals surface area contributed by atoms with Crippen LogP contribution in [0.5, 0.6) is 0 Å². The van der Waals surface area contributed by atoms with Gasteiger partial charge in [-0.1, -0.05) is 41.6 Å². The van der Waals surface area contributed by atoms with Crippen molar-refractivity contribution in [2.45, 2.75) is 12.8 Å². The van der Waals surface area contributed by atoms with Gasteiger partial charge in [-0.25, -0.2) is 0 Å². The van der Waals surface area contributed by atoms with Gasteiger partial charge in [0.25, 0.3) is 0 Å². The van der Waals surface area contributed by atoms with Crippen LogP contribution in [0, 0.1) is 0 Å². The highest BCUT2D eigenvalue weighted by Gasteiger charge is 2.17. The minimum absolute atomic E-state index is 0.805. The van der Waals surface area contributed by atoms with Crippen LogP contribution in [-0.2, 0) is 6.42 Å². The molecule has 15 heavy (non-hydrogen) atoms. The fourth-order valence-corrected chi connectivity index (χ4v) is 2.36. The Kier molecular flexibility index (Phi) is 1.75. The molecular formula is C13H11NO. The lowest BCUT2D eigenvalue weighted by Gasteiger charge is -2.17. The van der Waals surface area contributed by atoms with Gasteiger partial charge in [0.05, 0.1) is 5.71 Å². The summed E-state index contributed by atoms with van der Waals surface area (Å²) in [6.45, 7) is 0. The van der Waals surface area contributed by atoms with Crippen LogP contribution >= 0.6 is 0 Å². The largest absolute Gasteiger partial charge is 0.411 e. The molecule has 2 nitrogen and oxygen atoms in total. The highest BCUT2D eigenvalue weighted by Crippen LogP contribution is 2.29. The summed E-state index contributed by atoms with van der Waals surface area (Å²) in [6, 6.07) is 12.5. The molecular weight excluding hydrogens is 186 g/mol. The van der Waals surface area contributed by atoms with Crippen LogP contribution in [0.4, 0.5) is 0 Å². The Balaban J connectivity index is 2.46. The molecule has 0 atom stereocenters. The van der Waals surface area contributed by atoms with Gasteiger partial charge in [0.1, 0.15) is 0 Å². The van der Waals surface area contributed by atoms with E-state index in [1.807, 2.05) is 12.1 Å². The molecule has 0 saturated heterocycles. The average molecular weight is 197 g/mol. The number of hydrogen-bond donors (Lipinski definition) is 1. The zero-order valence-corrected chi connectivity index (χ0v) is 8.27. The second-order valence-corrected chi connectivity index (χ2v) is 3.87. The predicted octanol–water partition coefficient (Wildman–Crippen LogP) is 2.96. The molecule has 0 bridgehead atoms. The van der Waals surface area contributed by atoms with E-state index < -0.39 is 0 Å². The van der Waals surface area contributed by atoms with E-state index in [1.165, 1.54) is 16.3 Å². The third-order valence-electron chi connectivity index (χ3n) is 3.05. The Bertz CT molecular complexity index is 552. The highest BCUT2D eigenvalue weighted by molar-refractivity contribution is 6.13. The number of rotatable bonds is 0. The van der Waals surface area contributed by atoms with Crippen LogP contribution in [-0.4, -0.2) is 10.9 Å². The molecule has 0 radical (unpaired) electrons. The Morgan fingerprint density at radius 2 is 1.80 bits per heavy atom. The number of nitrogens with zero attached hydrogens (tertiary/aromatic N) is 1. The Morgan fingerprint density at radius 3 is 2.60 bits per heavy atom. The first-order valence-electron chi connectivity index (χ1n) is 5.12. The summed E-state index contributed by atoms with van der Waals surface area (Å²) < 4.78 is 0. The number of aryl methyl sites for hydroxylation is 1. The van der Waals surface area contributed by atoms with Gasteiger partial charge in [-0.05, 0) is 29.2 Å². The molecule has 0 unspecified atom stereocenters. The molecule has 3 rings (SSSR count). The summed E-state index contributed by atoms with van der Waals surface area (Å²) in [7, 11) is 0. The SMILES string of the molecule is O/N=C1\CCc2cccc3cccc1c23. The van der Waals surface area contributed by atoms with Crippen molar-refractivity contribution in [3.05, 3.63) is 47.5 Å². The first-order chi connectivity index (χ1) is 7.40. The summed E-state index contributed by atoms with van der Waals surface area (Å²) in [5.41, 5.74) is 3.24. The van der Waals surface area contributed by atoms with Gasteiger partial charge in [-0.2, -0.15) is 0 Å². The third kappa shape index (κ3) is 1.14. The maximum atomic E-state index is 8.96. The molecule has 1 aliphatic rings. The van der Waals surface area contributed by atoms with Gasteiger partial charge in [0.2, 0.25) is 0 Å². The third-order valence-corrected chi connectivity index (χ3v) is 3.05. The Hall–Kier alpha value is -1.83. The second-order valence-electron chi connectivity index (χ2n) is 3.87. The lowest BCUT2D eigenvalue weighted by molar-refractivity contribution is 0.318. The fourth-order valence-electron chi connectivity index (χ4n) is 2.36. The molecule has 2 aromatic rings. The zero-order chi connectivity index (χ0) is 10.3. The van der Waals surface area contributed by atoms with Crippen LogP contribution in [0.2, 0.25) is 0 Å². The minimum atomic E-state index is 0.805. The fraction of sp³-hybridized carbons (Fsp3) is 0.154. The van der Waals surface area contributed by atoms with Crippen LogP contribution < -0.4 is 0 Å². The summed E-state index contributed by atoms with van der Waals surface area (Å²) in [5, 5.41) is 14.8. The van der Waals surface area contributed by atoms with E-state index in [0.29, 0.717) is 0 Å². The monoisotopic (exact) mass is 197 g/mol. The van der Waals surface area contributed by atoms with Crippen LogP contribution in [0.25, 0.3) is 10.8 Å². The Morgan fingerprint density at radius 1 is 1.00 bits per heavy atom. The van der Waals surface area contributed by atoms with Crippen molar-refractivity contribution >= 4 is 16.5 Å². The molecule has 0 heterocycles. The standard InChI is InChI=1S/C13H11NO/c15-14-12-8-7-10-4-1-3-9-5-2-6-11(12)13(9)10/h1-6,15H,7-8H2/b14-12+. The smallest absolute Gasteiger partial charge is 0.0877 e. The first-order valence-corrected chi connectivity index (χ1v) is 5.12.